The number of fused-ring (bicyclic) bond motifs is 1. The van der Waals surface area contributed by atoms with Crippen molar-refractivity contribution in [2.75, 3.05) is 26.2 Å². The molecule has 2 N–H and O–H groups in total. The fraction of sp³-hybridized carbons (Fsp3) is 0.500. The van der Waals surface area contributed by atoms with E-state index in [1.165, 1.54) is 5.56 Å². The second kappa shape index (κ2) is 6.26. The van der Waals surface area contributed by atoms with Crippen LogP contribution in [0.4, 0.5) is 0 Å². The smallest absolute Gasteiger partial charge is 0.252 e. The van der Waals surface area contributed by atoms with E-state index in [1.54, 1.807) is 0 Å². The quantitative estimate of drug-likeness (QED) is 0.859. The van der Waals surface area contributed by atoms with Crippen LogP contribution in [-0.2, 0) is 17.8 Å². The first-order valence-electron chi connectivity index (χ1n) is 7.63. The Morgan fingerprint density at radius 3 is 2.86 bits per heavy atom. The molecule has 5 heteroatoms. The molecule has 1 saturated heterocycles. The Morgan fingerprint density at radius 2 is 2.05 bits per heavy atom. The summed E-state index contributed by atoms with van der Waals surface area (Å²) in [6.45, 7) is 3.44. The molecule has 2 heterocycles. The minimum Gasteiger partial charge on any atom is -0.343 e. The number of amides is 2. The number of likely N-dealkylation sites (tertiary alicyclic amines) is 1. The Kier molecular flexibility index (Phi) is 4.20. The average molecular weight is 287 g/mol. The second-order valence-corrected chi connectivity index (χ2v) is 5.64. The highest BCUT2D eigenvalue weighted by molar-refractivity contribution is 5.98. The number of hydrogen-bond donors (Lipinski definition) is 2. The maximum atomic E-state index is 12.3. The summed E-state index contributed by atoms with van der Waals surface area (Å²) in [5.41, 5.74) is 3.00. The lowest BCUT2D eigenvalue weighted by molar-refractivity contribution is -0.129. The maximum Gasteiger partial charge on any atom is 0.252 e. The first-order valence-corrected chi connectivity index (χ1v) is 7.63. The van der Waals surface area contributed by atoms with Crippen LogP contribution in [0.15, 0.2) is 18.2 Å². The second-order valence-electron chi connectivity index (χ2n) is 5.64. The lowest BCUT2D eigenvalue weighted by Gasteiger charge is -2.20. The van der Waals surface area contributed by atoms with Crippen LogP contribution in [0.3, 0.4) is 0 Å². The van der Waals surface area contributed by atoms with Crippen molar-refractivity contribution < 1.29 is 9.59 Å². The van der Waals surface area contributed by atoms with Gasteiger partial charge in [-0.05, 0) is 43.0 Å². The van der Waals surface area contributed by atoms with Gasteiger partial charge in [0.25, 0.3) is 5.91 Å². The van der Waals surface area contributed by atoms with Crippen LogP contribution in [0.2, 0.25) is 0 Å². The summed E-state index contributed by atoms with van der Waals surface area (Å²) in [5, 5.41) is 6.08. The molecule has 1 aromatic rings. The van der Waals surface area contributed by atoms with Gasteiger partial charge in [0.2, 0.25) is 5.91 Å². The van der Waals surface area contributed by atoms with Gasteiger partial charge in [-0.1, -0.05) is 12.1 Å². The van der Waals surface area contributed by atoms with Crippen LogP contribution in [0, 0.1) is 0 Å². The average Bonchev–Trinajstić information content (AvgIpc) is 3.06. The van der Waals surface area contributed by atoms with E-state index in [9.17, 15) is 9.59 Å². The summed E-state index contributed by atoms with van der Waals surface area (Å²) in [5.74, 6) is -0.117. The van der Waals surface area contributed by atoms with E-state index >= 15 is 0 Å². The molecule has 2 aliphatic rings. The van der Waals surface area contributed by atoms with Gasteiger partial charge in [0.1, 0.15) is 0 Å². The van der Waals surface area contributed by atoms with Crippen molar-refractivity contribution in [2.45, 2.75) is 25.8 Å². The fourth-order valence-electron chi connectivity index (χ4n) is 3.07. The van der Waals surface area contributed by atoms with Gasteiger partial charge in [-0.2, -0.15) is 0 Å². The number of benzene rings is 1. The Balaban J connectivity index is 1.64. The Hall–Kier alpha value is -1.88. The topological polar surface area (TPSA) is 61.4 Å². The molecule has 3 rings (SSSR count). The minimum absolute atomic E-state index is 0.0207. The third kappa shape index (κ3) is 3.08. The monoisotopic (exact) mass is 287 g/mol. The van der Waals surface area contributed by atoms with Crippen molar-refractivity contribution in [3.8, 4) is 0 Å². The lowest BCUT2D eigenvalue weighted by Crippen LogP contribution is -2.39. The van der Waals surface area contributed by atoms with Crippen LogP contribution < -0.4 is 10.6 Å². The van der Waals surface area contributed by atoms with Gasteiger partial charge in [0.15, 0.2) is 0 Å². The van der Waals surface area contributed by atoms with Crippen molar-refractivity contribution in [1.29, 1.82) is 0 Å². The largest absolute Gasteiger partial charge is 0.343 e. The van der Waals surface area contributed by atoms with Crippen LogP contribution in [0.5, 0.6) is 0 Å². The Morgan fingerprint density at radius 1 is 1.24 bits per heavy atom. The van der Waals surface area contributed by atoms with Crippen molar-refractivity contribution >= 4 is 11.8 Å². The van der Waals surface area contributed by atoms with Crippen LogP contribution in [0.25, 0.3) is 0 Å². The van der Waals surface area contributed by atoms with Gasteiger partial charge in [0.05, 0.1) is 6.54 Å². The summed E-state index contributed by atoms with van der Waals surface area (Å²) < 4.78 is 0. The predicted molar refractivity (Wildman–Crippen MR) is 80.0 cm³/mol. The Labute approximate surface area is 124 Å². The fourth-order valence-corrected chi connectivity index (χ4v) is 3.07. The molecular weight excluding hydrogens is 266 g/mol. The van der Waals surface area contributed by atoms with Gasteiger partial charge in [-0.15, -0.1) is 0 Å². The van der Waals surface area contributed by atoms with Crippen molar-refractivity contribution in [3.05, 3.63) is 34.9 Å². The first kappa shape index (κ1) is 14.1. The molecule has 0 radical (unpaired) electrons. The van der Waals surface area contributed by atoms with Crippen molar-refractivity contribution in [1.82, 2.24) is 15.5 Å². The molecule has 2 aliphatic heterocycles. The van der Waals surface area contributed by atoms with Crippen LogP contribution in [0.1, 0.15) is 34.3 Å². The normalized spacial score (nSPS) is 17.4. The maximum absolute atomic E-state index is 12.3. The highest BCUT2D eigenvalue weighted by Gasteiger charge is 2.20. The lowest BCUT2D eigenvalue weighted by atomic mass is 9.95. The molecule has 0 aromatic heterocycles. The van der Waals surface area contributed by atoms with E-state index in [-0.39, 0.29) is 18.4 Å². The summed E-state index contributed by atoms with van der Waals surface area (Å²) >= 11 is 0. The van der Waals surface area contributed by atoms with E-state index in [0.717, 1.165) is 51.0 Å². The molecule has 1 fully saturated rings. The zero-order valence-electron chi connectivity index (χ0n) is 12.2. The van der Waals surface area contributed by atoms with E-state index in [0.29, 0.717) is 5.56 Å². The zero-order chi connectivity index (χ0) is 14.7. The molecule has 21 heavy (non-hydrogen) atoms. The SMILES string of the molecule is O=C(NCC(=O)N1CCCC1)c1cccc2c1CCNC2. The minimum atomic E-state index is -0.138. The standard InChI is InChI=1S/C16H21N3O2/c20-15(19-8-1-2-9-19)11-18-16(21)14-5-3-4-12-10-17-7-6-13(12)14/h3-5,17H,1-2,6-11H2,(H,18,21). The summed E-state index contributed by atoms with van der Waals surface area (Å²) in [6.07, 6.45) is 3.00. The molecule has 2 amide bonds. The molecule has 0 bridgehead atoms. The first-order chi connectivity index (χ1) is 10.3. The third-order valence-corrected chi connectivity index (χ3v) is 4.24. The number of rotatable bonds is 3. The predicted octanol–water partition coefficient (Wildman–Crippen LogP) is 0.684. The van der Waals surface area contributed by atoms with E-state index < -0.39 is 0 Å². The molecule has 1 aromatic carbocycles. The number of carbonyl (C=O) groups excluding carboxylic acids is 2. The number of nitrogens with one attached hydrogen (secondary N) is 2. The molecule has 0 atom stereocenters. The molecule has 0 unspecified atom stereocenters. The summed E-state index contributed by atoms with van der Waals surface area (Å²) in [4.78, 5) is 26.1. The van der Waals surface area contributed by atoms with E-state index in [2.05, 4.69) is 10.6 Å². The van der Waals surface area contributed by atoms with Crippen LogP contribution in [-0.4, -0.2) is 42.9 Å². The molecule has 0 spiro atoms. The van der Waals surface area contributed by atoms with Crippen molar-refractivity contribution in [3.63, 3.8) is 0 Å². The van der Waals surface area contributed by atoms with Gasteiger partial charge in [-0.25, -0.2) is 0 Å². The summed E-state index contributed by atoms with van der Waals surface area (Å²) in [7, 11) is 0. The number of nitrogens with zero attached hydrogens (tertiary/aromatic N) is 1. The van der Waals surface area contributed by atoms with Gasteiger partial charge in [0, 0.05) is 25.2 Å². The highest BCUT2D eigenvalue weighted by Crippen LogP contribution is 2.18. The molecule has 0 aliphatic carbocycles. The summed E-state index contributed by atoms with van der Waals surface area (Å²) in [6, 6.07) is 5.80. The van der Waals surface area contributed by atoms with E-state index in [1.807, 2.05) is 23.1 Å². The number of carbonyl (C=O) groups is 2. The Bertz CT molecular complexity index is 550. The highest BCUT2D eigenvalue weighted by atomic mass is 16.2. The zero-order valence-corrected chi connectivity index (χ0v) is 12.2. The van der Waals surface area contributed by atoms with Crippen molar-refractivity contribution in [2.24, 2.45) is 0 Å². The number of hydrogen-bond acceptors (Lipinski definition) is 3. The van der Waals surface area contributed by atoms with E-state index in [4.69, 9.17) is 0 Å². The molecule has 112 valence electrons. The van der Waals surface area contributed by atoms with Crippen LogP contribution >= 0.6 is 0 Å². The molecular formula is C16H21N3O2. The molecule has 5 nitrogen and oxygen atoms in total. The van der Waals surface area contributed by atoms with Gasteiger partial charge in [-0.3, -0.25) is 9.59 Å². The van der Waals surface area contributed by atoms with Gasteiger partial charge >= 0.3 is 0 Å². The van der Waals surface area contributed by atoms with Gasteiger partial charge < -0.3 is 15.5 Å². The molecule has 0 saturated carbocycles. The third-order valence-electron chi connectivity index (χ3n) is 4.24.